The Labute approximate surface area is 157 Å². The molecule has 1 aromatic heterocycles. The number of aromatic nitrogens is 1. The highest BCUT2D eigenvalue weighted by Crippen LogP contribution is 2.46. The predicted molar refractivity (Wildman–Crippen MR) is 101 cm³/mol. The van der Waals surface area contributed by atoms with Crippen LogP contribution in [0.3, 0.4) is 0 Å². The van der Waals surface area contributed by atoms with Crippen molar-refractivity contribution in [2.75, 3.05) is 17.7 Å². The third-order valence-corrected chi connectivity index (χ3v) is 5.00. The zero-order valence-electron chi connectivity index (χ0n) is 16.1. The maximum atomic E-state index is 12.7. The average Bonchev–Trinajstić information content (AvgIpc) is 3.05. The summed E-state index contributed by atoms with van der Waals surface area (Å²) in [5, 5.41) is 3.62. The van der Waals surface area contributed by atoms with Gasteiger partial charge in [-0.25, -0.2) is 4.79 Å². The van der Waals surface area contributed by atoms with Crippen molar-refractivity contribution in [3.05, 3.63) is 52.9 Å². The number of hydrogen-bond acceptors (Lipinski definition) is 7. The molecule has 0 radical (unpaired) electrons. The number of ketones is 1. The summed E-state index contributed by atoms with van der Waals surface area (Å²) in [4.78, 5) is 27.0. The number of aryl methyl sites for hydroxylation is 1. The van der Waals surface area contributed by atoms with Gasteiger partial charge in [0, 0.05) is 29.9 Å². The summed E-state index contributed by atoms with van der Waals surface area (Å²) in [6, 6.07) is 8.02. The molecule has 27 heavy (non-hydrogen) atoms. The highest BCUT2D eigenvalue weighted by molar-refractivity contribution is 6.00. The molecule has 1 aliphatic rings. The third kappa shape index (κ3) is 3.09. The summed E-state index contributed by atoms with van der Waals surface area (Å²) < 4.78 is 10.0. The lowest BCUT2D eigenvalue weighted by Crippen LogP contribution is -2.28. The molecule has 0 amide bonds. The number of hydrogen-bond donors (Lipinski definition) is 1. The van der Waals surface area contributed by atoms with Gasteiger partial charge in [0.25, 0.3) is 0 Å². The van der Waals surface area contributed by atoms with E-state index < -0.39 is 12.1 Å². The standard InChI is InChI=1S/C20H23N3O4/c1-11-17(18(21)27-22-11)19(25)26-12(2)15(24)10-16-20(3,4)13-8-6-7-9-14(13)23(16)5/h6-10,12H,21H2,1-5H3/b16-10+/t12-/m0/s1. The van der Waals surface area contributed by atoms with Gasteiger partial charge in [0.15, 0.2) is 11.9 Å². The summed E-state index contributed by atoms with van der Waals surface area (Å²) >= 11 is 0. The van der Waals surface area contributed by atoms with Gasteiger partial charge < -0.3 is 19.9 Å². The fourth-order valence-electron chi connectivity index (χ4n) is 3.42. The first-order chi connectivity index (χ1) is 12.6. The third-order valence-electron chi connectivity index (χ3n) is 5.00. The van der Waals surface area contributed by atoms with E-state index in [2.05, 4.69) is 25.1 Å². The van der Waals surface area contributed by atoms with Crippen LogP contribution in [-0.2, 0) is 14.9 Å². The lowest BCUT2D eigenvalue weighted by Gasteiger charge is -2.24. The van der Waals surface area contributed by atoms with Crippen molar-refractivity contribution in [3.8, 4) is 0 Å². The van der Waals surface area contributed by atoms with Crippen LogP contribution in [0.2, 0.25) is 0 Å². The zero-order valence-corrected chi connectivity index (χ0v) is 16.1. The van der Waals surface area contributed by atoms with Crippen molar-refractivity contribution in [3.63, 3.8) is 0 Å². The number of benzene rings is 1. The highest BCUT2D eigenvalue weighted by atomic mass is 16.5. The lowest BCUT2D eigenvalue weighted by molar-refractivity contribution is -0.122. The topological polar surface area (TPSA) is 98.7 Å². The number of fused-ring (bicyclic) bond motifs is 1. The van der Waals surface area contributed by atoms with Gasteiger partial charge in [-0.05, 0) is 25.5 Å². The van der Waals surface area contributed by atoms with Crippen LogP contribution in [0, 0.1) is 6.92 Å². The summed E-state index contributed by atoms with van der Waals surface area (Å²) in [6.07, 6.45) is 0.577. The summed E-state index contributed by atoms with van der Waals surface area (Å²) in [5.74, 6) is -1.16. The monoisotopic (exact) mass is 369 g/mol. The molecule has 2 N–H and O–H groups in total. The van der Waals surface area contributed by atoms with Crippen molar-refractivity contribution in [1.82, 2.24) is 5.16 Å². The first-order valence-corrected chi connectivity index (χ1v) is 8.66. The number of likely N-dealkylation sites (N-methyl/N-ethyl adjacent to an activating group) is 1. The normalized spacial score (nSPS) is 17.7. The van der Waals surface area contributed by atoms with Crippen LogP contribution < -0.4 is 10.6 Å². The number of allylic oxidation sites excluding steroid dienone is 1. The molecule has 7 heteroatoms. The van der Waals surface area contributed by atoms with Crippen molar-refractivity contribution in [2.45, 2.75) is 39.2 Å². The molecule has 3 rings (SSSR count). The summed E-state index contributed by atoms with van der Waals surface area (Å²) in [7, 11) is 1.92. The SMILES string of the molecule is Cc1noc(N)c1C(=O)O[C@@H](C)C(=O)/C=C1/N(C)c2ccccc2C1(C)C. The quantitative estimate of drug-likeness (QED) is 0.653. The molecule has 0 aliphatic carbocycles. The van der Waals surface area contributed by atoms with E-state index in [-0.39, 0.29) is 22.6 Å². The van der Waals surface area contributed by atoms with Crippen molar-refractivity contribution >= 4 is 23.3 Å². The van der Waals surface area contributed by atoms with Gasteiger partial charge in [0.1, 0.15) is 5.56 Å². The molecule has 0 saturated heterocycles. The molecule has 1 aromatic carbocycles. The Kier molecular flexibility index (Phi) is 4.55. The Morgan fingerprint density at radius 1 is 1.33 bits per heavy atom. The number of nitrogen functional groups attached to an aromatic ring is 1. The van der Waals surface area contributed by atoms with E-state index in [4.69, 9.17) is 15.0 Å². The largest absolute Gasteiger partial charge is 0.450 e. The van der Waals surface area contributed by atoms with Crippen LogP contribution in [-0.4, -0.2) is 30.1 Å². The molecule has 2 aromatic rings. The van der Waals surface area contributed by atoms with Gasteiger partial charge in [-0.2, -0.15) is 0 Å². The molecule has 1 atom stereocenters. The van der Waals surface area contributed by atoms with E-state index >= 15 is 0 Å². The van der Waals surface area contributed by atoms with Crippen LogP contribution in [0.25, 0.3) is 0 Å². The molecule has 0 fully saturated rings. The first kappa shape index (κ1) is 18.7. The molecule has 0 bridgehead atoms. The van der Waals surface area contributed by atoms with Gasteiger partial charge in [-0.3, -0.25) is 4.79 Å². The molecule has 142 valence electrons. The Morgan fingerprint density at radius 3 is 2.59 bits per heavy atom. The number of carbonyl (C=O) groups excluding carboxylic acids is 2. The van der Waals surface area contributed by atoms with Gasteiger partial charge >= 0.3 is 5.97 Å². The molecule has 0 spiro atoms. The number of ether oxygens (including phenoxy) is 1. The Bertz CT molecular complexity index is 923. The Morgan fingerprint density at radius 2 is 2.00 bits per heavy atom. The number of nitrogens with two attached hydrogens (primary N) is 1. The fraction of sp³-hybridized carbons (Fsp3) is 0.350. The van der Waals surface area contributed by atoms with Crippen LogP contribution >= 0.6 is 0 Å². The van der Waals surface area contributed by atoms with E-state index in [1.165, 1.54) is 6.92 Å². The molecule has 0 unspecified atom stereocenters. The summed E-state index contributed by atoms with van der Waals surface area (Å²) in [5.41, 5.74) is 8.67. The maximum absolute atomic E-state index is 12.7. The van der Waals surface area contributed by atoms with Crippen LogP contribution in [0.4, 0.5) is 11.6 Å². The van der Waals surface area contributed by atoms with E-state index in [1.807, 2.05) is 30.1 Å². The number of para-hydroxylation sites is 1. The second kappa shape index (κ2) is 6.57. The van der Waals surface area contributed by atoms with Gasteiger partial charge in [-0.15, -0.1) is 0 Å². The van der Waals surface area contributed by atoms with Crippen molar-refractivity contribution < 1.29 is 18.8 Å². The van der Waals surface area contributed by atoms with E-state index in [0.717, 1.165) is 16.9 Å². The Hall–Kier alpha value is -3.09. The van der Waals surface area contributed by atoms with Crippen molar-refractivity contribution in [2.24, 2.45) is 0 Å². The second-order valence-electron chi connectivity index (χ2n) is 7.19. The number of nitrogens with zero attached hydrogens (tertiary/aromatic N) is 2. The average molecular weight is 369 g/mol. The number of carbonyl (C=O) groups is 2. The molecule has 1 aliphatic heterocycles. The minimum absolute atomic E-state index is 0.0491. The van der Waals surface area contributed by atoms with Gasteiger partial charge in [0.2, 0.25) is 5.88 Å². The van der Waals surface area contributed by atoms with Crippen LogP contribution in [0.5, 0.6) is 0 Å². The summed E-state index contributed by atoms with van der Waals surface area (Å²) in [6.45, 7) is 7.24. The van der Waals surface area contributed by atoms with Crippen LogP contribution in [0.1, 0.15) is 42.4 Å². The molecule has 2 heterocycles. The van der Waals surface area contributed by atoms with E-state index in [1.54, 1.807) is 13.0 Å². The van der Waals surface area contributed by atoms with Gasteiger partial charge in [-0.1, -0.05) is 37.2 Å². The maximum Gasteiger partial charge on any atom is 0.346 e. The number of anilines is 2. The van der Waals surface area contributed by atoms with Crippen molar-refractivity contribution in [1.29, 1.82) is 0 Å². The highest BCUT2D eigenvalue weighted by Gasteiger charge is 2.39. The fourth-order valence-corrected chi connectivity index (χ4v) is 3.42. The lowest BCUT2D eigenvalue weighted by atomic mass is 9.83. The molecule has 7 nitrogen and oxygen atoms in total. The van der Waals surface area contributed by atoms with E-state index in [9.17, 15) is 9.59 Å². The molecular weight excluding hydrogens is 346 g/mol. The second-order valence-corrected chi connectivity index (χ2v) is 7.19. The Balaban J connectivity index is 1.81. The first-order valence-electron chi connectivity index (χ1n) is 8.66. The zero-order chi connectivity index (χ0) is 19.9. The molecule has 0 saturated carbocycles. The minimum atomic E-state index is -0.966. The smallest absolute Gasteiger partial charge is 0.346 e. The minimum Gasteiger partial charge on any atom is -0.450 e. The van der Waals surface area contributed by atoms with E-state index in [0.29, 0.717) is 5.69 Å². The van der Waals surface area contributed by atoms with Crippen LogP contribution in [0.15, 0.2) is 40.6 Å². The number of esters is 1. The molecular formula is C20H23N3O4. The predicted octanol–water partition coefficient (Wildman–Crippen LogP) is 2.99. The van der Waals surface area contributed by atoms with Gasteiger partial charge in [0.05, 0.1) is 5.69 Å². The number of rotatable bonds is 4.